The van der Waals surface area contributed by atoms with Gasteiger partial charge in [-0.05, 0) is 43.9 Å². The molecule has 0 aromatic heterocycles. The maximum atomic E-state index is 6.05. The van der Waals surface area contributed by atoms with Gasteiger partial charge in [0.15, 0.2) is 0 Å². The summed E-state index contributed by atoms with van der Waals surface area (Å²) in [5, 5.41) is 4.34. The van der Waals surface area contributed by atoms with E-state index in [1.54, 1.807) is 7.11 Å². The second-order valence-electron chi connectivity index (χ2n) is 6.93. The number of nitrogens with one attached hydrogen (secondary N) is 1. The number of halogens is 1. The first kappa shape index (κ1) is 16.3. The van der Waals surface area contributed by atoms with Crippen LogP contribution in [-0.2, 0) is 6.54 Å². The van der Waals surface area contributed by atoms with Crippen molar-refractivity contribution < 1.29 is 4.74 Å². The van der Waals surface area contributed by atoms with Crippen molar-refractivity contribution in [1.82, 2.24) is 5.32 Å². The maximum absolute atomic E-state index is 6.05. The molecular formula is C16H26ClNO. The molecule has 3 heteroatoms. The molecular weight excluding hydrogens is 258 g/mol. The highest BCUT2D eigenvalue weighted by Gasteiger charge is 2.25. The summed E-state index contributed by atoms with van der Waals surface area (Å²) in [6.45, 7) is 12.0. The Hall–Kier alpha value is -0.730. The highest BCUT2D eigenvalue weighted by molar-refractivity contribution is 6.30. The standard InChI is InChI=1S/C16H26ClNO/c1-15(2,3)11-16(4,5)18-10-12-9-13(17)7-8-14(12)19-6/h7-9,18H,10-11H2,1-6H3. The summed E-state index contributed by atoms with van der Waals surface area (Å²) in [5.74, 6) is 0.878. The van der Waals surface area contributed by atoms with Gasteiger partial charge >= 0.3 is 0 Å². The number of methoxy groups -OCH3 is 1. The van der Waals surface area contributed by atoms with Gasteiger partial charge in [0.25, 0.3) is 0 Å². The summed E-state index contributed by atoms with van der Waals surface area (Å²) in [5.41, 5.74) is 1.47. The van der Waals surface area contributed by atoms with Crippen LogP contribution in [0.3, 0.4) is 0 Å². The molecule has 0 aliphatic carbocycles. The first-order chi connectivity index (χ1) is 8.63. The molecule has 0 unspecified atom stereocenters. The van der Waals surface area contributed by atoms with Crippen LogP contribution in [0.4, 0.5) is 0 Å². The van der Waals surface area contributed by atoms with Crippen LogP contribution >= 0.6 is 11.6 Å². The van der Waals surface area contributed by atoms with Crippen LogP contribution in [0.2, 0.25) is 5.02 Å². The fourth-order valence-corrected chi connectivity index (χ4v) is 2.80. The third kappa shape index (κ3) is 5.84. The van der Waals surface area contributed by atoms with Crippen molar-refractivity contribution in [2.45, 2.75) is 53.1 Å². The highest BCUT2D eigenvalue weighted by atomic mass is 35.5. The molecule has 0 saturated heterocycles. The Morgan fingerprint density at radius 3 is 2.32 bits per heavy atom. The Morgan fingerprint density at radius 2 is 1.79 bits per heavy atom. The van der Waals surface area contributed by atoms with E-state index in [0.29, 0.717) is 5.41 Å². The molecule has 0 amide bonds. The van der Waals surface area contributed by atoms with Gasteiger partial charge in [-0.25, -0.2) is 0 Å². The van der Waals surface area contributed by atoms with E-state index < -0.39 is 0 Å². The Morgan fingerprint density at radius 1 is 1.16 bits per heavy atom. The predicted octanol–water partition coefficient (Wildman–Crippen LogP) is 4.65. The summed E-state index contributed by atoms with van der Waals surface area (Å²) >= 11 is 6.05. The first-order valence-electron chi connectivity index (χ1n) is 6.70. The van der Waals surface area contributed by atoms with Crippen molar-refractivity contribution in [3.8, 4) is 5.75 Å². The molecule has 0 radical (unpaired) electrons. The lowest BCUT2D eigenvalue weighted by atomic mass is 9.82. The SMILES string of the molecule is COc1ccc(Cl)cc1CNC(C)(C)CC(C)(C)C. The van der Waals surface area contributed by atoms with Gasteiger partial charge in [0.05, 0.1) is 7.11 Å². The lowest BCUT2D eigenvalue weighted by molar-refractivity contribution is 0.240. The third-order valence-electron chi connectivity index (χ3n) is 2.97. The number of hydrogen-bond acceptors (Lipinski definition) is 2. The summed E-state index contributed by atoms with van der Waals surface area (Å²) in [7, 11) is 1.69. The quantitative estimate of drug-likeness (QED) is 0.849. The topological polar surface area (TPSA) is 21.3 Å². The molecule has 1 N–H and O–H groups in total. The van der Waals surface area contributed by atoms with E-state index in [1.807, 2.05) is 18.2 Å². The Balaban J connectivity index is 2.73. The van der Waals surface area contributed by atoms with E-state index in [2.05, 4.69) is 39.9 Å². The van der Waals surface area contributed by atoms with Gasteiger partial charge in [-0.3, -0.25) is 0 Å². The lowest BCUT2D eigenvalue weighted by Crippen LogP contribution is -2.41. The minimum absolute atomic E-state index is 0.0750. The number of hydrogen-bond donors (Lipinski definition) is 1. The smallest absolute Gasteiger partial charge is 0.123 e. The average Bonchev–Trinajstić information content (AvgIpc) is 2.23. The number of rotatable bonds is 5. The van der Waals surface area contributed by atoms with Crippen molar-refractivity contribution in [2.75, 3.05) is 7.11 Å². The summed E-state index contributed by atoms with van der Waals surface area (Å²) in [4.78, 5) is 0. The molecule has 108 valence electrons. The van der Waals surface area contributed by atoms with Crippen LogP contribution in [0.1, 0.15) is 46.6 Å². The minimum Gasteiger partial charge on any atom is -0.496 e. The molecule has 0 aliphatic heterocycles. The fourth-order valence-electron chi connectivity index (χ4n) is 2.61. The monoisotopic (exact) mass is 283 g/mol. The highest BCUT2D eigenvalue weighted by Crippen LogP contribution is 2.28. The Kier molecular flexibility index (Phi) is 5.28. The van der Waals surface area contributed by atoms with E-state index in [4.69, 9.17) is 16.3 Å². The zero-order chi connectivity index (χ0) is 14.7. The summed E-state index contributed by atoms with van der Waals surface area (Å²) in [6, 6.07) is 5.72. The van der Waals surface area contributed by atoms with Crippen LogP contribution in [-0.4, -0.2) is 12.6 Å². The van der Waals surface area contributed by atoms with Gasteiger partial charge in [-0.2, -0.15) is 0 Å². The van der Waals surface area contributed by atoms with Crippen molar-refractivity contribution in [3.05, 3.63) is 28.8 Å². The molecule has 0 saturated carbocycles. The molecule has 0 fully saturated rings. The Labute approximate surface area is 122 Å². The Bertz CT molecular complexity index is 421. The van der Waals surface area contributed by atoms with Crippen LogP contribution in [0.5, 0.6) is 5.75 Å². The van der Waals surface area contributed by atoms with Crippen LogP contribution < -0.4 is 10.1 Å². The van der Waals surface area contributed by atoms with E-state index in [-0.39, 0.29) is 5.54 Å². The second kappa shape index (κ2) is 6.15. The first-order valence-corrected chi connectivity index (χ1v) is 7.08. The van der Waals surface area contributed by atoms with Gasteiger partial charge < -0.3 is 10.1 Å². The maximum Gasteiger partial charge on any atom is 0.123 e. The fraction of sp³-hybridized carbons (Fsp3) is 0.625. The number of benzene rings is 1. The summed E-state index contributed by atoms with van der Waals surface area (Å²) in [6.07, 6.45) is 1.10. The van der Waals surface area contributed by atoms with Gasteiger partial charge in [-0.15, -0.1) is 0 Å². The molecule has 0 heterocycles. The van der Waals surface area contributed by atoms with Crippen LogP contribution in [0.25, 0.3) is 0 Å². The minimum atomic E-state index is 0.0750. The van der Waals surface area contributed by atoms with Crippen molar-refractivity contribution >= 4 is 11.6 Å². The molecule has 1 aromatic carbocycles. The number of ether oxygens (including phenoxy) is 1. The van der Waals surface area contributed by atoms with Gasteiger partial charge in [-0.1, -0.05) is 32.4 Å². The van der Waals surface area contributed by atoms with Crippen LogP contribution in [0.15, 0.2) is 18.2 Å². The van der Waals surface area contributed by atoms with Crippen molar-refractivity contribution in [2.24, 2.45) is 5.41 Å². The van der Waals surface area contributed by atoms with E-state index in [1.165, 1.54) is 0 Å². The largest absolute Gasteiger partial charge is 0.496 e. The average molecular weight is 284 g/mol. The van der Waals surface area contributed by atoms with Gasteiger partial charge in [0.2, 0.25) is 0 Å². The van der Waals surface area contributed by atoms with Gasteiger partial charge in [0.1, 0.15) is 5.75 Å². The molecule has 0 spiro atoms. The van der Waals surface area contributed by atoms with Crippen molar-refractivity contribution in [1.29, 1.82) is 0 Å². The molecule has 1 aromatic rings. The molecule has 1 rings (SSSR count). The molecule has 0 atom stereocenters. The third-order valence-corrected chi connectivity index (χ3v) is 3.21. The van der Waals surface area contributed by atoms with E-state index in [0.717, 1.165) is 29.3 Å². The van der Waals surface area contributed by atoms with E-state index in [9.17, 15) is 0 Å². The zero-order valence-corrected chi connectivity index (χ0v) is 13.7. The lowest BCUT2D eigenvalue weighted by Gasteiger charge is -2.33. The second-order valence-corrected chi connectivity index (χ2v) is 7.37. The molecule has 0 bridgehead atoms. The van der Waals surface area contributed by atoms with Crippen LogP contribution in [0, 0.1) is 5.41 Å². The van der Waals surface area contributed by atoms with E-state index >= 15 is 0 Å². The molecule has 0 aliphatic rings. The molecule has 2 nitrogen and oxygen atoms in total. The summed E-state index contributed by atoms with van der Waals surface area (Å²) < 4.78 is 5.37. The van der Waals surface area contributed by atoms with Gasteiger partial charge in [0, 0.05) is 22.7 Å². The normalized spacial score (nSPS) is 12.6. The molecule has 19 heavy (non-hydrogen) atoms. The predicted molar refractivity (Wildman–Crippen MR) is 83.0 cm³/mol. The zero-order valence-electron chi connectivity index (χ0n) is 12.9. The van der Waals surface area contributed by atoms with Crippen molar-refractivity contribution in [3.63, 3.8) is 0 Å².